The molecule has 0 aliphatic rings. The zero-order valence-corrected chi connectivity index (χ0v) is 9.38. The van der Waals surface area contributed by atoms with E-state index in [9.17, 15) is 4.79 Å². The molecular formula is C13H12N2O2. The van der Waals surface area contributed by atoms with Crippen LogP contribution in [0.1, 0.15) is 5.56 Å². The number of hydrogen-bond acceptors (Lipinski definition) is 3. The number of benzene rings is 1. The lowest BCUT2D eigenvalue weighted by molar-refractivity contribution is 0.215. The molecule has 0 radical (unpaired) electrons. The van der Waals surface area contributed by atoms with E-state index in [4.69, 9.17) is 4.74 Å². The molecule has 0 aliphatic carbocycles. The third-order valence-electron chi connectivity index (χ3n) is 2.21. The molecular weight excluding hydrogens is 216 g/mol. The van der Waals surface area contributed by atoms with Crippen molar-refractivity contribution < 1.29 is 9.53 Å². The number of ether oxygens (including phenoxy) is 1. The fourth-order valence-electron chi connectivity index (χ4n) is 1.34. The zero-order chi connectivity index (χ0) is 12.1. The number of pyridine rings is 1. The number of carbonyl (C=O) groups is 1. The third kappa shape index (κ3) is 3.04. The van der Waals surface area contributed by atoms with Gasteiger partial charge < -0.3 is 4.74 Å². The number of hydrogen-bond donors (Lipinski definition) is 1. The van der Waals surface area contributed by atoms with Crippen molar-refractivity contribution in [3.63, 3.8) is 0 Å². The number of aryl methyl sites for hydroxylation is 1. The largest absolute Gasteiger partial charge is 0.417 e. The van der Waals surface area contributed by atoms with Crippen LogP contribution in [0.5, 0.6) is 5.75 Å². The zero-order valence-electron chi connectivity index (χ0n) is 9.38. The lowest BCUT2D eigenvalue weighted by atomic mass is 10.3. The normalized spacial score (nSPS) is 9.71. The Morgan fingerprint density at radius 2 is 2.00 bits per heavy atom. The Morgan fingerprint density at radius 1 is 1.24 bits per heavy atom. The fourth-order valence-corrected chi connectivity index (χ4v) is 1.34. The highest BCUT2D eigenvalue weighted by Gasteiger charge is 2.06. The lowest BCUT2D eigenvalue weighted by Gasteiger charge is -2.07. The fraction of sp³-hybridized carbons (Fsp3) is 0.0769. The van der Waals surface area contributed by atoms with Crippen molar-refractivity contribution in [1.82, 2.24) is 4.98 Å². The number of nitrogens with zero attached hydrogens (tertiary/aromatic N) is 1. The van der Waals surface area contributed by atoms with E-state index < -0.39 is 6.09 Å². The van der Waals surface area contributed by atoms with Crippen molar-refractivity contribution in [3.05, 3.63) is 54.4 Å². The van der Waals surface area contributed by atoms with E-state index in [0.717, 1.165) is 5.56 Å². The topological polar surface area (TPSA) is 51.2 Å². The first-order chi connectivity index (χ1) is 8.25. The molecule has 0 saturated carbocycles. The predicted molar refractivity (Wildman–Crippen MR) is 65.1 cm³/mol. The lowest BCUT2D eigenvalue weighted by Crippen LogP contribution is -2.17. The van der Waals surface area contributed by atoms with Crippen molar-refractivity contribution in [2.24, 2.45) is 0 Å². The van der Waals surface area contributed by atoms with Gasteiger partial charge in [-0.2, -0.15) is 0 Å². The Hall–Kier alpha value is -2.36. The maximum atomic E-state index is 11.6. The Labute approximate surface area is 99.3 Å². The number of amides is 1. The molecule has 1 aromatic carbocycles. The van der Waals surface area contributed by atoms with Gasteiger partial charge in [0.15, 0.2) is 0 Å². The summed E-state index contributed by atoms with van der Waals surface area (Å²) >= 11 is 0. The summed E-state index contributed by atoms with van der Waals surface area (Å²) < 4.78 is 5.10. The second-order valence-electron chi connectivity index (χ2n) is 3.52. The highest BCUT2D eigenvalue weighted by atomic mass is 16.6. The molecule has 2 rings (SSSR count). The van der Waals surface area contributed by atoms with E-state index in [0.29, 0.717) is 11.4 Å². The standard InChI is InChI=1S/C13H12N2O2/c1-10-9-14-8-7-12(10)15-13(16)17-11-5-3-2-4-6-11/h2-9H,1H3,(H,14,15,16). The van der Waals surface area contributed by atoms with Gasteiger partial charge >= 0.3 is 6.09 Å². The van der Waals surface area contributed by atoms with Gasteiger partial charge in [0.2, 0.25) is 0 Å². The molecule has 4 nitrogen and oxygen atoms in total. The molecule has 86 valence electrons. The van der Waals surface area contributed by atoms with E-state index in [-0.39, 0.29) is 0 Å². The smallest absolute Gasteiger partial charge is 0.410 e. The minimum atomic E-state index is -0.509. The molecule has 0 aliphatic heterocycles. The van der Waals surface area contributed by atoms with E-state index in [2.05, 4.69) is 10.3 Å². The summed E-state index contributed by atoms with van der Waals surface area (Å²) in [4.78, 5) is 15.5. The van der Waals surface area contributed by atoms with Crippen LogP contribution in [0.3, 0.4) is 0 Å². The summed E-state index contributed by atoms with van der Waals surface area (Å²) in [7, 11) is 0. The van der Waals surface area contributed by atoms with Crippen LogP contribution in [-0.4, -0.2) is 11.1 Å². The van der Waals surface area contributed by atoms with Gasteiger partial charge in [-0.15, -0.1) is 0 Å². The second kappa shape index (κ2) is 5.12. The number of carbonyl (C=O) groups excluding carboxylic acids is 1. The van der Waals surface area contributed by atoms with Crippen molar-refractivity contribution in [2.45, 2.75) is 6.92 Å². The number of aromatic nitrogens is 1. The molecule has 4 heteroatoms. The molecule has 0 atom stereocenters. The average molecular weight is 228 g/mol. The van der Waals surface area contributed by atoms with E-state index in [1.807, 2.05) is 13.0 Å². The summed E-state index contributed by atoms with van der Waals surface area (Å²) in [6.07, 6.45) is 2.79. The van der Waals surface area contributed by atoms with Crippen LogP contribution < -0.4 is 10.1 Å². The van der Waals surface area contributed by atoms with E-state index in [1.54, 1.807) is 42.7 Å². The summed E-state index contributed by atoms with van der Waals surface area (Å²) in [6, 6.07) is 10.6. The van der Waals surface area contributed by atoms with Crippen LogP contribution in [0.15, 0.2) is 48.8 Å². The molecule has 0 saturated heterocycles. The molecule has 1 aromatic heterocycles. The molecule has 1 amide bonds. The van der Waals surface area contributed by atoms with Gasteiger partial charge in [-0.05, 0) is 30.7 Å². The molecule has 0 bridgehead atoms. The first-order valence-electron chi connectivity index (χ1n) is 5.20. The molecule has 0 fully saturated rings. The number of anilines is 1. The van der Waals surface area contributed by atoms with Crippen LogP contribution in [0.2, 0.25) is 0 Å². The SMILES string of the molecule is Cc1cnccc1NC(=O)Oc1ccccc1. The van der Waals surface area contributed by atoms with Gasteiger partial charge in [0.1, 0.15) is 5.75 Å². The van der Waals surface area contributed by atoms with E-state index in [1.165, 1.54) is 0 Å². The van der Waals surface area contributed by atoms with Crippen LogP contribution in [0.4, 0.5) is 10.5 Å². The van der Waals surface area contributed by atoms with Crippen molar-refractivity contribution in [1.29, 1.82) is 0 Å². The maximum Gasteiger partial charge on any atom is 0.417 e. The Bertz CT molecular complexity index is 512. The summed E-state index contributed by atoms with van der Waals surface area (Å²) in [5.74, 6) is 0.511. The van der Waals surface area contributed by atoms with Crippen LogP contribution >= 0.6 is 0 Å². The first-order valence-corrected chi connectivity index (χ1v) is 5.20. The van der Waals surface area contributed by atoms with Crippen LogP contribution in [0.25, 0.3) is 0 Å². The average Bonchev–Trinajstić information content (AvgIpc) is 2.33. The monoisotopic (exact) mass is 228 g/mol. The predicted octanol–water partition coefficient (Wildman–Crippen LogP) is 3.00. The third-order valence-corrected chi connectivity index (χ3v) is 2.21. The Balaban J connectivity index is 2.01. The number of nitrogens with one attached hydrogen (secondary N) is 1. The molecule has 17 heavy (non-hydrogen) atoms. The highest BCUT2D eigenvalue weighted by molar-refractivity contribution is 5.87. The highest BCUT2D eigenvalue weighted by Crippen LogP contribution is 2.13. The minimum absolute atomic E-state index is 0.509. The van der Waals surface area contributed by atoms with Gasteiger partial charge in [-0.1, -0.05) is 18.2 Å². The number of rotatable bonds is 2. The Kier molecular flexibility index (Phi) is 3.35. The summed E-state index contributed by atoms with van der Waals surface area (Å²) in [6.45, 7) is 1.87. The van der Waals surface area contributed by atoms with Gasteiger partial charge in [0.05, 0.1) is 0 Å². The van der Waals surface area contributed by atoms with Crippen LogP contribution in [0, 0.1) is 6.92 Å². The molecule has 0 spiro atoms. The second-order valence-corrected chi connectivity index (χ2v) is 3.52. The van der Waals surface area contributed by atoms with Crippen molar-refractivity contribution in [2.75, 3.05) is 5.32 Å². The molecule has 0 unspecified atom stereocenters. The summed E-state index contributed by atoms with van der Waals surface area (Å²) in [5.41, 5.74) is 1.58. The van der Waals surface area contributed by atoms with Gasteiger partial charge in [0, 0.05) is 18.1 Å². The molecule has 1 heterocycles. The van der Waals surface area contributed by atoms with Crippen molar-refractivity contribution >= 4 is 11.8 Å². The quantitative estimate of drug-likeness (QED) is 0.859. The van der Waals surface area contributed by atoms with Gasteiger partial charge in [-0.25, -0.2) is 4.79 Å². The van der Waals surface area contributed by atoms with Crippen molar-refractivity contribution in [3.8, 4) is 5.75 Å². The van der Waals surface area contributed by atoms with Gasteiger partial charge in [0.25, 0.3) is 0 Å². The minimum Gasteiger partial charge on any atom is -0.410 e. The maximum absolute atomic E-state index is 11.6. The van der Waals surface area contributed by atoms with E-state index >= 15 is 0 Å². The molecule has 2 aromatic rings. The van der Waals surface area contributed by atoms with Gasteiger partial charge in [-0.3, -0.25) is 10.3 Å². The van der Waals surface area contributed by atoms with Crippen LogP contribution in [-0.2, 0) is 0 Å². The summed E-state index contributed by atoms with van der Waals surface area (Å²) in [5, 5.41) is 2.66. The molecule has 1 N–H and O–H groups in total. The Morgan fingerprint density at radius 3 is 2.71 bits per heavy atom. The number of para-hydroxylation sites is 1. The first kappa shape index (κ1) is 11.1.